The summed E-state index contributed by atoms with van der Waals surface area (Å²) in [4.78, 5) is 2.48. The summed E-state index contributed by atoms with van der Waals surface area (Å²) in [6.07, 6.45) is 6.70. The number of anilines is 3. The van der Waals surface area contributed by atoms with Crippen molar-refractivity contribution >= 4 is 77.4 Å². The summed E-state index contributed by atoms with van der Waals surface area (Å²) >= 11 is 0. The largest absolute Gasteiger partial charge is 0.455 e. The second-order valence-electron chi connectivity index (χ2n) is 14.4. The van der Waals surface area contributed by atoms with Crippen molar-refractivity contribution in [3.63, 3.8) is 0 Å². The topological polar surface area (TPSA) is 16.4 Å². The van der Waals surface area contributed by atoms with Gasteiger partial charge in [0.15, 0.2) is 0 Å². The number of aryl methyl sites for hydroxylation is 1. The van der Waals surface area contributed by atoms with Crippen molar-refractivity contribution in [3.8, 4) is 22.3 Å². The zero-order valence-corrected chi connectivity index (χ0v) is 29.7. The first-order chi connectivity index (χ1) is 26.8. The maximum atomic E-state index is 6.53. The molecule has 0 spiro atoms. The van der Waals surface area contributed by atoms with E-state index in [1.165, 1.54) is 54.9 Å². The average molecular weight is 690 g/mol. The van der Waals surface area contributed by atoms with Gasteiger partial charge in [0.1, 0.15) is 11.2 Å². The average Bonchev–Trinajstić information content (AvgIpc) is 3.63. The molecule has 0 amide bonds. The molecule has 0 saturated carbocycles. The summed E-state index contributed by atoms with van der Waals surface area (Å²) < 4.78 is 6.53. The molecule has 54 heavy (non-hydrogen) atoms. The van der Waals surface area contributed by atoms with Crippen molar-refractivity contribution in [2.24, 2.45) is 0 Å². The monoisotopic (exact) mass is 689 g/mol. The molecule has 2 nitrogen and oxygen atoms in total. The van der Waals surface area contributed by atoms with E-state index in [2.05, 4.69) is 193 Å². The predicted molar refractivity (Wildman–Crippen MR) is 229 cm³/mol. The minimum atomic E-state index is 0.900. The van der Waals surface area contributed by atoms with Gasteiger partial charge in [-0.15, -0.1) is 0 Å². The van der Waals surface area contributed by atoms with Crippen LogP contribution in [0.4, 0.5) is 17.1 Å². The van der Waals surface area contributed by atoms with Gasteiger partial charge in [-0.05, 0) is 105 Å². The predicted octanol–water partition coefficient (Wildman–Crippen LogP) is 14.8. The van der Waals surface area contributed by atoms with Crippen molar-refractivity contribution in [2.45, 2.75) is 12.8 Å². The van der Waals surface area contributed by atoms with Crippen LogP contribution in [0.25, 0.3) is 82.6 Å². The van der Waals surface area contributed by atoms with Crippen LogP contribution in [0.3, 0.4) is 0 Å². The van der Waals surface area contributed by atoms with Crippen LogP contribution in [0.5, 0.6) is 0 Å². The van der Waals surface area contributed by atoms with Gasteiger partial charge in [-0.3, -0.25) is 0 Å². The molecule has 1 aliphatic rings. The van der Waals surface area contributed by atoms with Crippen LogP contribution in [-0.4, -0.2) is 0 Å². The highest BCUT2D eigenvalue weighted by Gasteiger charge is 2.23. The van der Waals surface area contributed by atoms with E-state index in [4.69, 9.17) is 4.42 Å². The number of nitrogens with zero attached hydrogens (tertiary/aromatic N) is 1. The van der Waals surface area contributed by atoms with Gasteiger partial charge in [0.05, 0.1) is 11.4 Å². The maximum Gasteiger partial charge on any atom is 0.143 e. The third-order valence-corrected chi connectivity index (χ3v) is 11.3. The van der Waals surface area contributed by atoms with Crippen molar-refractivity contribution in [2.75, 3.05) is 4.90 Å². The highest BCUT2D eigenvalue weighted by atomic mass is 16.3. The van der Waals surface area contributed by atoms with Crippen molar-refractivity contribution in [1.82, 2.24) is 0 Å². The summed E-state index contributed by atoms with van der Waals surface area (Å²) in [6, 6.07) is 64.1. The quantitative estimate of drug-likeness (QED) is 0.179. The first-order valence-electron chi connectivity index (χ1n) is 18.8. The summed E-state index contributed by atoms with van der Waals surface area (Å²) in [5, 5.41) is 9.62. The van der Waals surface area contributed by atoms with Crippen LogP contribution in [0.1, 0.15) is 17.5 Å². The second kappa shape index (κ2) is 12.4. The fourth-order valence-corrected chi connectivity index (χ4v) is 8.72. The van der Waals surface area contributed by atoms with Crippen LogP contribution in [0.15, 0.2) is 186 Å². The van der Waals surface area contributed by atoms with Crippen molar-refractivity contribution in [3.05, 3.63) is 193 Å². The molecule has 2 heteroatoms. The Morgan fingerprint density at radius 1 is 0.444 bits per heavy atom. The standard InChI is InChI=1S/C52H35NO/c1-4-16-40-34(12-1)15-11-22-41(40)36-24-28-39(29-25-36)53(50-33-37-14-3-5-17-42(37)45-20-7-8-21-46(45)50)49-23-10-9-18-43(49)38-27-31-51-48(32-38)47-30-26-35-13-2-6-19-44(35)52(47)54-51/h1-2,4-13,15-33H,3,14H2. The molecule has 9 aromatic carbocycles. The molecular formula is C52H35NO. The van der Waals surface area contributed by atoms with Gasteiger partial charge in [0, 0.05) is 32.8 Å². The van der Waals surface area contributed by atoms with Gasteiger partial charge in [-0.1, -0.05) is 146 Å². The Bertz CT molecular complexity index is 3100. The SMILES string of the molecule is C1=Cc2c(cc(N(c3ccc(-c4cccc5ccccc45)cc3)c3ccccc3-c3ccc4oc5c6ccccc6ccc5c4c3)c3ccccc23)CC1. The number of allylic oxidation sites excluding steroid dienone is 1. The number of para-hydroxylation sites is 1. The highest BCUT2D eigenvalue weighted by molar-refractivity contribution is 6.16. The van der Waals surface area contributed by atoms with Crippen molar-refractivity contribution < 1.29 is 4.42 Å². The fourth-order valence-electron chi connectivity index (χ4n) is 8.72. The molecule has 0 N–H and O–H groups in total. The fraction of sp³-hybridized carbons (Fsp3) is 0.0385. The molecule has 0 radical (unpaired) electrons. The van der Waals surface area contributed by atoms with Gasteiger partial charge in [0.2, 0.25) is 0 Å². The Balaban J connectivity index is 1.13. The van der Waals surface area contributed by atoms with Crippen LogP contribution in [0, 0.1) is 0 Å². The maximum absolute atomic E-state index is 6.53. The number of rotatable bonds is 5. The number of benzene rings is 9. The van der Waals surface area contributed by atoms with Crippen molar-refractivity contribution in [1.29, 1.82) is 0 Å². The number of furan rings is 1. The molecule has 1 heterocycles. The highest BCUT2D eigenvalue weighted by Crippen LogP contribution is 2.47. The van der Waals surface area contributed by atoms with Crippen LogP contribution in [-0.2, 0) is 6.42 Å². The summed E-state index contributed by atoms with van der Waals surface area (Å²) in [5.41, 5.74) is 12.8. The number of hydrogen-bond acceptors (Lipinski definition) is 2. The molecule has 1 aliphatic carbocycles. The molecule has 10 aromatic rings. The molecule has 0 saturated heterocycles. The van der Waals surface area contributed by atoms with Gasteiger partial charge >= 0.3 is 0 Å². The van der Waals surface area contributed by atoms with Gasteiger partial charge in [0.25, 0.3) is 0 Å². The normalized spacial score (nSPS) is 12.6. The molecule has 0 aliphatic heterocycles. The summed E-state index contributed by atoms with van der Waals surface area (Å²) in [5.74, 6) is 0. The smallest absolute Gasteiger partial charge is 0.143 e. The zero-order chi connectivity index (χ0) is 35.6. The molecule has 0 atom stereocenters. The first kappa shape index (κ1) is 30.7. The Kier molecular flexibility index (Phi) is 7.03. The third kappa shape index (κ3) is 4.88. The van der Waals surface area contributed by atoms with Crippen LogP contribution < -0.4 is 4.90 Å². The second-order valence-corrected chi connectivity index (χ2v) is 14.4. The van der Waals surface area contributed by atoms with E-state index < -0.39 is 0 Å². The third-order valence-electron chi connectivity index (χ3n) is 11.3. The molecule has 1 aromatic heterocycles. The van der Waals surface area contributed by atoms with E-state index in [9.17, 15) is 0 Å². The summed E-state index contributed by atoms with van der Waals surface area (Å²) in [7, 11) is 0. The van der Waals surface area contributed by atoms with Gasteiger partial charge < -0.3 is 9.32 Å². The lowest BCUT2D eigenvalue weighted by atomic mass is 9.90. The molecule has 0 bridgehead atoms. The zero-order valence-electron chi connectivity index (χ0n) is 29.7. The minimum Gasteiger partial charge on any atom is -0.455 e. The molecular weight excluding hydrogens is 655 g/mol. The number of fused-ring (bicyclic) bond motifs is 9. The minimum absolute atomic E-state index is 0.900. The molecule has 0 fully saturated rings. The molecule has 254 valence electrons. The lowest BCUT2D eigenvalue weighted by Gasteiger charge is -2.30. The van der Waals surface area contributed by atoms with Crippen LogP contribution in [0.2, 0.25) is 0 Å². The number of hydrogen-bond donors (Lipinski definition) is 0. The lowest BCUT2D eigenvalue weighted by Crippen LogP contribution is -2.13. The Morgan fingerprint density at radius 3 is 2.00 bits per heavy atom. The summed E-state index contributed by atoms with van der Waals surface area (Å²) in [6.45, 7) is 0. The Morgan fingerprint density at radius 2 is 1.13 bits per heavy atom. The van der Waals surface area contributed by atoms with E-state index in [1.54, 1.807) is 0 Å². The van der Waals surface area contributed by atoms with E-state index in [-0.39, 0.29) is 0 Å². The Hall–Kier alpha value is -6.90. The van der Waals surface area contributed by atoms with Gasteiger partial charge in [-0.25, -0.2) is 0 Å². The Labute approximate surface area is 313 Å². The first-order valence-corrected chi connectivity index (χ1v) is 18.8. The molecule has 11 rings (SSSR count). The lowest BCUT2D eigenvalue weighted by molar-refractivity contribution is 0.672. The van der Waals surface area contributed by atoms with E-state index in [1.807, 2.05) is 0 Å². The van der Waals surface area contributed by atoms with E-state index in [0.717, 1.165) is 62.7 Å². The van der Waals surface area contributed by atoms with E-state index in [0.29, 0.717) is 0 Å². The van der Waals surface area contributed by atoms with Crippen LogP contribution >= 0.6 is 0 Å². The van der Waals surface area contributed by atoms with Gasteiger partial charge in [-0.2, -0.15) is 0 Å². The molecule has 0 unspecified atom stereocenters. The van der Waals surface area contributed by atoms with E-state index >= 15 is 0 Å².